The highest BCUT2D eigenvalue weighted by Gasteiger charge is 2.23. The first-order valence-corrected chi connectivity index (χ1v) is 7.20. The summed E-state index contributed by atoms with van der Waals surface area (Å²) in [6, 6.07) is 0. The van der Waals surface area contributed by atoms with E-state index in [-0.39, 0.29) is 11.7 Å². The zero-order chi connectivity index (χ0) is 13.9. The van der Waals surface area contributed by atoms with Crippen molar-refractivity contribution < 1.29 is 4.79 Å². The van der Waals surface area contributed by atoms with Crippen LogP contribution in [0.5, 0.6) is 0 Å². The molecule has 0 aliphatic carbocycles. The van der Waals surface area contributed by atoms with E-state index in [0.717, 1.165) is 24.6 Å². The van der Waals surface area contributed by atoms with Crippen molar-refractivity contribution in [1.29, 1.82) is 0 Å². The number of hydrogen-bond donors (Lipinski definition) is 2. The average molecular weight is 294 g/mol. The van der Waals surface area contributed by atoms with Gasteiger partial charge in [-0.1, -0.05) is 0 Å². The number of nitrogens with zero attached hydrogens (tertiary/aromatic N) is 4. The highest BCUT2D eigenvalue weighted by molar-refractivity contribution is 7.13. The van der Waals surface area contributed by atoms with Gasteiger partial charge < -0.3 is 9.80 Å². The predicted octanol–water partition coefficient (Wildman–Crippen LogP) is -0.0930. The molecule has 8 nitrogen and oxygen atoms in total. The van der Waals surface area contributed by atoms with Gasteiger partial charge in [-0.3, -0.25) is 9.78 Å². The molecule has 1 amide bonds. The van der Waals surface area contributed by atoms with E-state index in [1.54, 1.807) is 22.4 Å². The number of nitrogens with one attached hydrogen (secondary N) is 2. The van der Waals surface area contributed by atoms with Crippen LogP contribution in [0.1, 0.15) is 17.0 Å². The average Bonchev–Trinajstić information content (AvgIpc) is 3.05. The molecule has 2 aromatic heterocycles. The number of rotatable bonds is 2. The van der Waals surface area contributed by atoms with Gasteiger partial charge in [0.05, 0.1) is 0 Å². The first kappa shape index (κ1) is 12.9. The van der Waals surface area contributed by atoms with Crippen LogP contribution in [0.4, 0.5) is 5.13 Å². The molecule has 106 valence electrons. The molecule has 3 rings (SSSR count). The third-order valence-electron chi connectivity index (χ3n) is 3.18. The van der Waals surface area contributed by atoms with Gasteiger partial charge in [0.25, 0.3) is 5.91 Å². The first-order chi connectivity index (χ1) is 9.74. The third kappa shape index (κ3) is 2.57. The molecule has 3 heterocycles. The van der Waals surface area contributed by atoms with Crippen LogP contribution < -0.4 is 10.6 Å². The van der Waals surface area contributed by atoms with Crippen LogP contribution in [-0.2, 0) is 0 Å². The molecular formula is C11H14N6O2S. The van der Waals surface area contributed by atoms with Gasteiger partial charge >= 0.3 is 5.69 Å². The van der Waals surface area contributed by atoms with Gasteiger partial charge in [-0.05, 0) is 6.42 Å². The smallest absolute Gasteiger partial charge is 0.341 e. The van der Waals surface area contributed by atoms with E-state index in [2.05, 4.69) is 25.1 Å². The highest BCUT2D eigenvalue weighted by atomic mass is 32.1. The Morgan fingerprint density at radius 3 is 2.90 bits per heavy atom. The summed E-state index contributed by atoms with van der Waals surface area (Å²) in [5.74, 6) is -0.179. The quantitative estimate of drug-likeness (QED) is 0.806. The summed E-state index contributed by atoms with van der Waals surface area (Å²) >= 11 is 1.59. The highest BCUT2D eigenvalue weighted by Crippen LogP contribution is 2.19. The van der Waals surface area contributed by atoms with Crippen molar-refractivity contribution >= 4 is 22.4 Å². The van der Waals surface area contributed by atoms with Crippen LogP contribution in [0.15, 0.2) is 16.4 Å². The van der Waals surface area contributed by atoms with Crippen molar-refractivity contribution in [2.24, 2.45) is 0 Å². The summed E-state index contributed by atoms with van der Waals surface area (Å²) in [6.07, 6.45) is 2.64. The van der Waals surface area contributed by atoms with Crippen molar-refractivity contribution in [1.82, 2.24) is 25.1 Å². The Morgan fingerprint density at radius 1 is 1.30 bits per heavy atom. The van der Waals surface area contributed by atoms with E-state index < -0.39 is 5.69 Å². The van der Waals surface area contributed by atoms with Gasteiger partial charge in [0.1, 0.15) is 0 Å². The van der Waals surface area contributed by atoms with E-state index >= 15 is 0 Å². The van der Waals surface area contributed by atoms with Gasteiger partial charge in [0, 0.05) is 37.8 Å². The molecule has 9 heteroatoms. The molecule has 1 aliphatic heterocycles. The van der Waals surface area contributed by atoms with Crippen LogP contribution in [0, 0.1) is 0 Å². The van der Waals surface area contributed by atoms with Crippen LogP contribution in [0.2, 0.25) is 0 Å². The second-order valence-electron chi connectivity index (χ2n) is 4.47. The lowest BCUT2D eigenvalue weighted by atomic mass is 10.3. The minimum atomic E-state index is -0.465. The molecule has 2 aromatic rings. The molecule has 0 saturated carbocycles. The fourth-order valence-electron chi connectivity index (χ4n) is 2.21. The van der Waals surface area contributed by atoms with E-state index in [1.807, 2.05) is 5.38 Å². The topological polar surface area (TPSA) is 98.0 Å². The van der Waals surface area contributed by atoms with Crippen LogP contribution in [-0.4, -0.2) is 57.2 Å². The normalized spacial score (nSPS) is 16.2. The Hall–Kier alpha value is -2.16. The van der Waals surface area contributed by atoms with Gasteiger partial charge in [-0.2, -0.15) is 0 Å². The molecule has 0 bridgehead atoms. The van der Waals surface area contributed by atoms with Crippen molar-refractivity contribution in [3.05, 3.63) is 27.9 Å². The number of thiazole rings is 1. The van der Waals surface area contributed by atoms with Crippen LogP contribution in [0.25, 0.3) is 0 Å². The van der Waals surface area contributed by atoms with Crippen LogP contribution >= 0.6 is 11.3 Å². The number of aromatic nitrogens is 4. The molecule has 0 atom stereocenters. The first-order valence-electron chi connectivity index (χ1n) is 6.32. The standard InChI is InChI=1S/C11H14N6O2S/c18-9(8-13-10(19)15-14-8)16-3-1-4-17(6-5-16)11-12-2-7-20-11/h2,7H,1,3-6H2,(H2,13,14,15,19). The van der Waals surface area contributed by atoms with Gasteiger partial charge in [0.15, 0.2) is 5.13 Å². The lowest BCUT2D eigenvalue weighted by Gasteiger charge is -2.20. The van der Waals surface area contributed by atoms with Crippen molar-refractivity contribution in [3.8, 4) is 0 Å². The number of hydrogen-bond acceptors (Lipinski definition) is 6. The van der Waals surface area contributed by atoms with E-state index in [1.165, 1.54) is 0 Å². The summed E-state index contributed by atoms with van der Waals surface area (Å²) in [7, 11) is 0. The molecule has 0 radical (unpaired) electrons. The minimum Gasteiger partial charge on any atom is -0.346 e. The molecule has 20 heavy (non-hydrogen) atoms. The zero-order valence-electron chi connectivity index (χ0n) is 10.7. The Labute approximate surface area is 118 Å². The van der Waals surface area contributed by atoms with Crippen molar-refractivity contribution in [2.45, 2.75) is 6.42 Å². The van der Waals surface area contributed by atoms with Gasteiger partial charge in [-0.25, -0.2) is 14.9 Å². The molecule has 1 fully saturated rings. The maximum atomic E-state index is 12.2. The number of H-pyrrole nitrogens is 2. The summed E-state index contributed by atoms with van der Waals surface area (Å²) in [6.45, 7) is 2.84. The second-order valence-corrected chi connectivity index (χ2v) is 5.35. The monoisotopic (exact) mass is 294 g/mol. The maximum absolute atomic E-state index is 12.2. The maximum Gasteiger partial charge on any atom is 0.341 e. The summed E-state index contributed by atoms with van der Waals surface area (Å²) in [5, 5.41) is 8.81. The molecule has 1 aliphatic rings. The fourth-order valence-corrected chi connectivity index (χ4v) is 2.90. The molecule has 0 spiro atoms. The predicted molar refractivity (Wildman–Crippen MR) is 74.1 cm³/mol. The molecule has 0 unspecified atom stereocenters. The van der Waals surface area contributed by atoms with Gasteiger partial charge in [0.2, 0.25) is 5.82 Å². The number of aromatic amines is 2. The number of carbonyl (C=O) groups is 1. The van der Waals surface area contributed by atoms with Crippen molar-refractivity contribution in [2.75, 3.05) is 31.1 Å². The number of amides is 1. The Kier molecular flexibility index (Phi) is 3.50. The minimum absolute atomic E-state index is 0.0673. The lowest BCUT2D eigenvalue weighted by molar-refractivity contribution is 0.0755. The third-order valence-corrected chi connectivity index (χ3v) is 4.01. The van der Waals surface area contributed by atoms with Crippen LogP contribution in [0.3, 0.4) is 0 Å². The zero-order valence-corrected chi connectivity index (χ0v) is 11.5. The van der Waals surface area contributed by atoms with Crippen molar-refractivity contribution in [3.63, 3.8) is 0 Å². The molecule has 2 N–H and O–H groups in total. The summed E-state index contributed by atoms with van der Waals surface area (Å²) in [4.78, 5) is 33.8. The lowest BCUT2D eigenvalue weighted by Crippen LogP contribution is -2.36. The Bertz CT molecular complexity index is 633. The molecular weight excluding hydrogens is 280 g/mol. The SMILES string of the molecule is O=C(c1n[nH]c(=O)[nH]1)N1CCCN(c2nccs2)CC1. The summed E-state index contributed by atoms with van der Waals surface area (Å²) in [5.41, 5.74) is -0.465. The van der Waals surface area contributed by atoms with E-state index in [0.29, 0.717) is 13.1 Å². The molecule has 0 aromatic carbocycles. The van der Waals surface area contributed by atoms with Gasteiger partial charge in [-0.15, -0.1) is 16.4 Å². The second kappa shape index (κ2) is 5.45. The van der Waals surface area contributed by atoms with E-state index in [4.69, 9.17) is 0 Å². The largest absolute Gasteiger partial charge is 0.346 e. The Morgan fingerprint density at radius 2 is 2.20 bits per heavy atom. The Balaban J connectivity index is 1.68. The van der Waals surface area contributed by atoms with E-state index in [9.17, 15) is 9.59 Å². The molecule has 1 saturated heterocycles. The number of carbonyl (C=O) groups excluding carboxylic acids is 1. The summed E-state index contributed by atoms with van der Waals surface area (Å²) < 4.78 is 0. The number of anilines is 1. The fraction of sp³-hybridized carbons (Fsp3) is 0.455.